The Labute approximate surface area is 165 Å². The van der Waals surface area contributed by atoms with Gasteiger partial charge in [-0.3, -0.25) is 4.79 Å². The van der Waals surface area contributed by atoms with Crippen LogP contribution in [0.3, 0.4) is 0 Å². The average Bonchev–Trinajstić information content (AvgIpc) is 2.61. The van der Waals surface area contributed by atoms with Gasteiger partial charge >= 0.3 is 0 Å². The van der Waals surface area contributed by atoms with E-state index in [1.807, 2.05) is 0 Å². The average molecular weight is 457 g/mol. The first-order valence-corrected chi connectivity index (χ1v) is 10.3. The van der Waals surface area contributed by atoms with E-state index < -0.39 is 21.7 Å². The predicted octanol–water partition coefficient (Wildman–Crippen LogP) is 3.21. The van der Waals surface area contributed by atoms with Gasteiger partial charge in [0.1, 0.15) is 0 Å². The fourth-order valence-corrected chi connectivity index (χ4v) is 3.51. The van der Waals surface area contributed by atoms with Crippen LogP contribution in [0.2, 0.25) is 0 Å². The summed E-state index contributed by atoms with van der Waals surface area (Å²) in [6, 6.07) is 10.6. The topological polar surface area (TPSA) is 84.5 Å². The molecule has 0 radical (unpaired) electrons. The molecule has 0 bridgehead atoms. The van der Waals surface area contributed by atoms with Crippen molar-refractivity contribution >= 4 is 37.5 Å². The fourth-order valence-electron chi connectivity index (χ4n) is 2.07. The second kappa shape index (κ2) is 9.63. The molecule has 0 aromatic heterocycles. The van der Waals surface area contributed by atoms with Gasteiger partial charge in [-0.2, -0.15) is 0 Å². The Bertz CT molecular complexity index is 917. The molecule has 144 valence electrons. The number of benzene rings is 2. The molecule has 0 spiro atoms. The maximum atomic E-state index is 13.6. The summed E-state index contributed by atoms with van der Waals surface area (Å²) in [5.41, 5.74) is 1.04. The van der Waals surface area contributed by atoms with Crippen LogP contribution >= 0.6 is 15.9 Å². The summed E-state index contributed by atoms with van der Waals surface area (Å²) >= 11 is 3.14. The Balaban J connectivity index is 1.88. The van der Waals surface area contributed by atoms with Crippen LogP contribution in [-0.2, 0) is 20.6 Å². The van der Waals surface area contributed by atoms with Crippen LogP contribution in [0.15, 0.2) is 59.6 Å². The van der Waals surface area contributed by atoms with E-state index in [4.69, 9.17) is 4.74 Å². The standard InChI is InChI=1S/C18H18BrFN2O4S/c1-2-9-21-27(24,25)12-13-3-6-15(7-4-13)22-18(23)11-26-17-8-5-14(19)10-16(17)20/h2-8,10,21H,1,9,11-12H2,(H,22,23). The molecule has 0 saturated carbocycles. The molecule has 0 aliphatic carbocycles. The number of hydrogen-bond acceptors (Lipinski definition) is 4. The van der Waals surface area contributed by atoms with Crippen LogP contribution in [0.25, 0.3) is 0 Å². The first-order chi connectivity index (χ1) is 12.8. The van der Waals surface area contributed by atoms with Crippen LogP contribution < -0.4 is 14.8 Å². The van der Waals surface area contributed by atoms with E-state index in [0.29, 0.717) is 15.7 Å². The molecule has 0 saturated heterocycles. The fraction of sp³-hybridized carbons (Fsp3) is 0.167. The lowest BCUT2D eigenvalue weighted by molar-refractivity contribution is -0.118. The summed E-state index contributed by atoms with van der Waals surface area (Å²) in [6.45, 7) is 3.25. The molecule has 2 aromatic rings. The Kier molecular flexibility index (Phi) is 7.52. The zero-order valence-electron chi connectivity index (χ0n) is 14.2. The van der Waals surface area contributed by atoms with E-state index in [1.54, 1.807) is 30.3 Å². The Hall–Kier alpha value is -2.23. The number of hydrogen-bond donors (Lipinski definition) is 2. The van der Waals surface area contributed by atoms with E-state index in [1.165, 1.54) is 18.2 Å². The highest BCUT2D eigenvalue weighted by molar-refractivity contribution is 9.10. The number of amides is 1. The molecule has 6 nitrogen and oxygen atoms in total. The Morgan fingerprint density at radius 3 is 2.56 bits per heavy atom. The maximum absolute atomic E-state index is 13.6. The maximum Gasteiger partial charge on any atom is 0.262 e. The van der Waals surface area contributed by atoms with Crippen molar-refractivity contribution in [3.05, 3.63) is 71.0 Å². The molecule has 27 heavy (non-hydrogen) atoms. The van der Waals surface area contributed by atoms with Gasteiger partial charge in [-0.15, -0.1) is 6.58 Å². The number of ether oxygens (including phenoxy) is 1. The lowest BCUT2D eigenvalue weighted by Gasteiger charge is -2.09. The normalized spacial score (nSPS) is 11.0. The number of carbonyl (C=O) groups is 1. The van der Waals surface area contributed by atoms with E-state index >= 15 is 0 Å². The molecule has 0 aliphatic heterocycles. The first-order valence-electron chi connectivity index (χ1n) is 7.84. The molecule has 2 N–H and O–H groups in total. The van der Waals surface area contributed by atoms with Crippen molar-refractivity contribution in [3.63, 3.8) is 0 Å². The number of sulfonamides is 1. The van der Waals surface area contributed by atoms with Gasteiger partial charge in [0.05, 0.1) is 5.75 Å². The Morgan fingerprint density at radius 1 is 1.22 bits per heavy atom. The highest BCUT2D eigenvalue weighted by atomic mass is 79.9. The molecular weight excluding hydrogens is 439 g/mol. The van der Waals surface area contributed by atoms with E-state index in [2.05, 4.69) is 32.5 Å². The number of halogens is 2. The van der Waals surface area contributed by atoms with Crippen LogP contribution in [0.4, 0.5) is 10.1 Å². The zero-order valence-corrected chi connectivity index (χ0v) is 16.6. The predicted molar refractivity (Wildman–Crippen MR) is 105 cm³/mol. The Morgan fingerprint density at radius 2 is 1.93 bits per heavy atom. The largest absolute Gasteiger partial charge is 0.481 e. The van der Waals surface area contributed by atoms with Crippen LogP contribution in [0, 0.1) is 5.82 Å². The van der Waals surface area contributed by atoms with Gasteiger partial charge in [-0.1, -0.05) is 34.1 Å². The van der Waals surface area contributed by atoms with Gasteiger partial charge in [0, 0.05) is 16.7 Å². The van der Waals surface area contributed by atoms with E-state index in [9.17, 15) is 17.6 Å². The second-order valence-corrected chi connectivity index (χ2v) is 8.23. The minimum absolute atomic E-state index is 0.0269. The molecule has 0 aliphatic rings. The van der Waals surface area contributed by atoms with Crippen molar-refractivity contribution < 1.29 is 22.3 Å². The van der Waals surface area contributed by atoms with Crippen molar-refractivity contribution in [2.45, 2.75) is 5.75 Å². The van der Waals surface area contributed by atoms with Crippen molar-refractivity contribution in [2.75, 3.05) is 18.5 Å². The SMILES string of the molecule is C=CCNS(=O)(=O)Cc1ccc(NC(=O)COc2ccc(Br)cc2F)cc1. The minimum atomic E-state index is -3.45. The summed E-state index contributed by atoms with van der Waals surface area (Å²) in [5, 5.41) is 2.59. The first kappa shape index (κ1) is 21.1. The van der Waals surface area contributed by atoms with Gasteiger partial charge < -0.3 is 10.1 Å². The van der Waals surface area contributed by atoms with Crippen molar-refractivity contribution in [2.24, 2.45) is 0 Å². The number of anilines is 1. The lowest BCUT2D eigenvalue weighted by Crippen LogP contribution is -2.25. The summed E-state index contributed by atoms with van der Waals surface area (Å²) in [7, 11) is -3.45. The van der Waals surface area contributed by atoms with Gasteiger partial charge in [-0.05, 0) is 35.9 Å². The molecule has 2 aromatic carbocycles. The lowest BCUT2D eigenvalue weighted by atomic mass is 10.2. The van der Waals surface area contributed by atoms with E-state index in [-0.39, 0.29) is 24.7 Å². The molecule has 0 heterocycles. The van der Waals surface area contributed by atoms with Crippen molar-refractivity contribution in [1.29, 1.82) is 0 Å². The number of rotatable bonds is 9. The molecule has 2 rings (SSSR count). The molecule has 1 amide bonds. The molecule has 0 unspecified atom stereocenters. The zero-order chi connectivity index (χ0) is 19.9. The minimum Gasteiger partial charge on any atom is -0.481 e. The van der Waals surface area contributed by atoms with Crippen LogP contribution in [0.1, 0.15) is 5.56 Å². The second-order valence-electron chi connectivity index (χ2n) is 5.50. The molecular formula is C18H18BrFN2O4S. The quantitative estimate of drug-likeness (QED) is 0.567. The summed E-state index contributed by atoms with van der Waals surface area (Å²) in [4.78, 5) is 11.9. The van der Waals surface area contributed by atoms with Gasteiger partial charge in [0.25, 0.3) is 5.91 Å². The summed E-state index contributed by atoms with van der Waals surface area (Å²) < 4.78 is 45.4. The highest BCUT2D eigenvalue weighted by Crippen LogP contribution is 2.21. The molecule has 9 heteroatoms. The third-order valence-corrected chi connectivity index (χ3v) is 5.11. The van der Waals surface area contributed by atoms with E-state index in [0.717, 1.165) is 0 Å². The molecule has 0 fully saturated rings. The van der Waals surface area contributed by atoms with Gasteiger partial charge in [-0.25, -0.2) is 17.5 Å². The number of nitrogens with one attached hydrogen (secondary N) is 2. The molecule has 0 atom stereocenters. The van der Waals surface area contributed by atoms with Crippen LogP contribution in [0.5, 0.6) is 5.75 Å². The van der Waals surface area contributed by atoms with Crippen molar-refractivity contribution in [1.82, 2.24) is 4.72 Å². The monoisotopic (exact) mass is 456 g/mol. The third-order valence-electron chi connectivity index (χ3n) is 3.29. The smallest absolute Gasteiger partial charge is 0.262 e. The van der Waals surface area contributed by atoms with Crippen molar-refractivity contribution in [3.8, 4) is 5.75 Å². The number of carbonyl (C=O) groups excluding carboxylic acids is 1. The van der Waals surface area contributed by atoms with Crippen LogP contribution in [-0.4, -0.2) is 27.5 Å². The summed E-state index contributed by atoms with van der Waals surface area (Å²) in [6.07, 6.45) is 1.46. The third kappa shape index (κ3) is 7.12. The summed E-state index contributed by atoms with van der Waals surface area (Å²) in [5.74, 6) is -1.25. The van der Waals surface area contributed by atoms with Gasteiger partial charge in [0.2, 0.25) is 10.0 Å². The highest BCUT2D eigenvalue weighted by Gasteiger charge is 2.11. The van der Waals surface area contributed by atoms with Gasteiger partial charge in [0.15, 0.2) is 18.2 Å².